The van der Waals surface area contributed by atoms with Gasteiger partial charge in [-0.05, 0) is 31.0 Å². The number of hydrogen-bond donors (Lipinski definition) is 1. The molecular weight excluding hydrogens is 230 g/mol. The van der Waals surface area contributed by atoms with Crippen LogP contribution in [0.1, 0.15) is 18.9 Å². The zero-order chi connectivity index (χ0) is 13.2. The van der Waals surface area contributed by atoms with Gasteiger partial charge in [-0.3, -0.25) is 4.79 Å². The van der Waals surface area contributed by atoms with Crippen LogP contribution in [0.2, 0.25) is 0 Å². The molecule has 1 rings (SSSR count). The second-order valence-electron chi connectivity index (χ2n) is 3.92. The lowest BCUT2D eigenvalue weighted by atomic mass is 10.1. The van der Waals surface area contributed by atoms with Crippen molar-refractivity contribution < 1.29 is 14.3 Å². The maximum atomic E-state index is 11.5. The van der Waals surface area contributed by atoms with Crippen LogP contribution in [0.5, 0.6) is 5.75 Å². The minimum Gasteiger partial charge on any atom is -0.494 e. The van der Waals surface area contributed by atoms with Crippen molar-refractivity contribution in [1.29, 1.82) is 0 Å². The topological polar surface area (TPSA) is 47.6 Å². The molecule has 0 aliphatic heterocycles. The Bertz CT molecular complexity index is 349. The Hall–Kier alpha value is -1.55. The van der Waals surface area contributed by atoms with E-state index >= 15 is 0 Å². The first-order valence-electron chi connectivity index (χ1n) is 6.23. The maximum absolute atomic E-state index is 11.5. The molecule has 0 unspecified atom stereocenters. The van der Waals surface area contributed by atoms with E-state index in [-0.39, 0.29) is 5.91 Å². The number of carbonyl (C=O) groups is 1. The monoisotopic (exact) mass is 251 g/mol. The Morgan fingerprint density at radius 3 is 2.61 bits per heavy atom. The van der Waals surface area contributed by atoms with E-state index in [4.69, 9.17) is 9.47 Å². The number of carbonyl (C=O) groups excluding carboxylic acids is 1. The maximum Gasteiger partial charge on any atom is 0.220 e. The molecule has 0 saturated heterocycles. The molecule has 0 heterocycles. The molecule has 18 heavy (non-hydrogen) atoms. The summed E-state index contributed by atoms with van der Waals surface area (Å²) in [6, 6.07) is 7.85. The molecule has 0 bridgehead atoms. The van der Waals surface area contributed by atoms with Crippen LogP contribution in [0.3, 0.4) is 0 Å². The largest absolute Gasteiger partial charge is 0.494 e. The fraction of sp³-hybridized carbons (Fsp3) is 0.500. The van der Waals surface area contributed by atoms with Crippen LogP contribution in [0.4, 0.5) is 0 Å². The summed E-state index contributed by atoms with van der Waals surface area (Å²) >= 11 is 0. The van der Waals surface area contributed by atoms with Crippen molar-refractivity contribution in [2.45, 2.75) is 19.8 Å². The Morgan fingerprint density at radius 2 is 2.00 bits per heavy atom. The molecule has 0 spiro atoms. The summed E-state index contributed by atoms with van der Waals surface area (Å²) < 4.78 is 10.2. The van der Waals surface area contributed by atoms with Crippen LogP contribution in [0.15, 0.2) is 24.3 Å². The molecular formula is C14H21NO3. The van der Waals surface area contributed by atoms with E-state index in [0.29, 0.717) is 26.2 Å². The van der Waals surface area contributed by atoms with Crippen molar-refractivity contribution in [3.8, 4) is 5.75 Å². The molecule has 4 nitrogen and oxygen atoms in total. The fourth-order valence-electron chi connectivity index (χ4n) is 1.56. The lowest BCUT2D eigenvalue weighted by Gasteiger charge is -2.06. The van der Waals surface area contributed by atoms with Crippen LogP contribution in [0, 0.1) is 0 Å². The zero-order valence-electron chi connectivity index (χ0n) is 11.1. The van der Waals surface area contributed by atoms with Gasteiger partial charge in [-0.1, -0.05) is 12.1 Å². The van der Waals surface area contributed by atoms with E-state index in [2.05, 4.69) is 5.32 Å². The van der Waals surface area contributed by atoms with Gasteiger partial charge < -0.3 is 14.8 Å². The molecule has 0 saturated carbocycles. The quantitative estimate of drug-likeness (QED) is 0.716. The number of nitrogens with one attached hydrogen (secondary N) is 1. The Labute approximate surface area is 108 Å². The number of ether oxygens (including phenoxy) is 2. The van der Waals surface area contributed by atoms with Gasteiger partial charge in [0, 0.05) is 20.1 Å². The average molecular weight is 251 g/mol. The third-order valence-electron chi connectivity index (χ3n) is 2.50. The number of aryl methyl sites for hydroxylation is 1. The van der Waals surface area contributed by atoms with Crippen LogP contribution in [-0.2, 0) is 16.0 Å². The number of hydrogen-bond acceptors (Lipinski definition) is 3. The first kappa shape index (κ1) is 14.5. The number of rotatable bonds is 8. The molecule has 1 N–H and O–H groups in total. The minimum absolute atomic E-state index is 0.0564. The van der Waals surface area contributed by atoms with Crippen molar-refractivity contribution in [3.05, 3.63) is 29.8 Å². The molecule has 0 atom stereocenters. The van der Waals surface area contributed by atoms with Crippen molar-refractivity contribution in [2.75, 3.05) is 26.9 Å². The number of benzene rings is 1. The molecule has 1 aromatic rings. The van der Waals surface area contributed by atoms with Gasteiger partial charge in [0.1, 0.15) is 5.75 Å². The number of amides is 1. The Balaban J connectivity index is 2.27. The summed E-state index contributed by atoms with van der Waals surface area (Å²) in [5.74, 6) is 0.923. The normalized spacial score (nSPS) is 10.1. The first-order valence-corrected chi connectivity index (χ1v) is 6.23. The van der Waals surface area contributed by atoms with Crippen LogP contribution in [0.25, 0.3) is 0 Å². The predicted octanol–water partition coefficient (Wildman–Crippen LogP) is 1.78. The van der Waals surface area contributed by atoms with Gasteiger partial charge >= 0.3 is 0 Å². The van der Waals surface area contributed by atoms with Gasteiger partial charge in [0.2, 0.25) is 5.91 Å². The SMILES string of the molecule is CCOc1ccc(CCC(=O)NCCOC)cc1. The summed E-state index contributed by atoms with van der Waals surface area (Å²) in [5, 5.41) is 2.80. The zero-order valence-corrected chi connectivity index (χ0v) is 11.1. The van der Waals surface area contributed by atoms with Gasteiger partial charge in [-0.15, -0.1) is 0 Å². The highest BCUT2D eigenvalue weighted by Crippen LogP contribution is 2.13. The van der Waals surface area contributed by atoms with Gasteiger partial charge in [0.15, 0.2) is 0 Å². The summed E-state index contributed by atoms with van der Waals surface area (Å²) in [4.78, 5) is 11.5. The summed E-state index contributed by atoms with van der Waals surface area (Å²) in [5.41, 5.74) is 1.14. The lowest BCUT2D eigenvalue weighted by Crippen LogP contribution is -2.27. The first-order chi connectivity index (χ1) is 8.76. The Morgan fingerprint density at radius 1 is 1.28 bits per heavy atom. The van der Waals surface area contributed by atoms with Crippen molar-refractivity contribution in [2.24, 2.45) is 0 Å². The average Bonchev–Trinajstić information content (AvgIpc) is 2.39. The molecule has 1 aromatic carbocycles. The molecule has 0 fully saturated rings. The van der Waals surface area contributed by atoms with Crippen molar-refractivity contribution in [3.63, 3.8) is 0 Å². The third-order valence-corrected chi connectivity index (χ3v) is 2.50. The summed E-state index contributed by atoms with van der Waals surface area (Å²) in [6.07, 6.45) is 1.24. The molecule has 100 valence electrons. The molecule has 0 aromatic heterocycles. The summed E-state index contributed by atoms with van der Waals surface area (Å²) in [7, 11) is 1.62. The van der Waals surface area contributed by atoms with E-state index in [1.54, 1.807) is 7.11 Å². The second kappa shape index (κ2) is 8.53. The van der Waals surface area contributed by atoms with E-state index in [9.17, 15) is 4.79 Å². The smallest absolute Gasteiger partial charge is 0.220 e. The highest BCUT2D eigenvalue weighted by molar-refractivity contribution is 5.76. The Kier molecular flexibility index (Phi) is 6.87. The fourth-order valence-corrected chi connectivity index (χ4v) is 1.56. The van der Waals surface area contributed by atoms with Gasteiger partial charge in [-0.25, -0.2) is 0 Å². The third kappa shape index (κ3) is 5.68. The molecule has 0 radical (unpaired) electrons. The van der Waals surface area contributed by atoms with E-state index in [1.165, 1.54) is 0 Å². The highest BCUT2D eigenvalue weighted by atomic mass is 16.5. The van der Waals surface area contributed by atoms with E-state index < -0.39 is 0 Å². The van der Waals surface area contributed by atoms with E-state index in [0.717, 1.165) is 17.7 Å². The van der Waals surface area contributed by atoms with Crippen LogP contribution < -0.4 is 10.1 Å². The highest BCUT2D eigenvalue weighted by Gasteiger charge is 2.02. The van der Waals surface area contributed by atoms with Crippen LogP contribution >= 0.6 is 0 Å². The van der Waals surface area contributed by atoms with Crippen molar-refractivity contribution in [1.82, 2.24) is 5.32 Å². The van der Waals surface area contributed by atoms with Gasteiger partial charge in [0.25, 0.3) is 0 Å². The molecule has 1 amide bonds. The van der Waals surface area contributed by atoms with Crippen LogP contribution in [-0.4, -0.2) is 32.8 Å². The van der Waals surface area contributed by atoms with Crippen molar-refractivity contribution >= 4 is 5.91 Å². The standard InChI is InChI=1S/C14H21NO3/c1-3-18-13-7-4-12(5-8-13)6-9-14(16)15-10-11-17-2/h4-5,7-8H,3,6,9-11H2,1-2H3,(H,15,16). The minimum atomic E-state index is 0.0564. The van der Waals surface area contributed by atoms with Gasteiger partial charge in [-0.2, -0.15) is 0 Å². The van der Waals surface area contributed by atoms with E-state index in [1.807, 2.05) is 31.2 Å². The molecule has 0 aliphatic carbocycles. The molecule has 0 aliphatic rings. The predicted molar refractivity (Wildman–Crippen MR) is 70.8 cm³/mol. The lowest BCUT2D eigenvalue weighted by molar-refractivity contribution is -0.121. The number of methoxy groups -OCH3 is 1. The second-order valence-corrected chi connectivity index (χ2v) is 3.92. The summed E-state index contributed by atoms with van der Waals surface area (Å²) in [6.45, 7) is 3.74. The molecule has 4 heteroatoms. The van der Waals surface area contributed by atoms with Gasteiger partial charge in [0.05, 0.1) is 13.2 Å².